The van der Waals surface area contributed by atoms with Crippen molar-refractivity contribution in [1.82, 2.24) is 15.5 Å². The minimum Gasteiger partial charge on any atom is -0.481 e. The van der Waals surface area contributed by atoms with E-state index in [4.69, 9.17) is 9.26 Å². The SMILES string of the molecule is COc1cccc(CNC(C)c2c(C)noc2C)n1. The number of rotatable bonds is 5. The Morgan fingerprint density at radius 1 is 1.37 bits per heavy atom. The summed E-state index contributed by atoms with van der Waals surface area (Å²) in [5.41, 5.74) is 2.98. The molecule has 0 saturated heterocycles. The van der Waals surface area contributed by atoms with Gasteiger partial charge in [-0.3, -0.25) is 0 Å². The molecule has 2 aromatic rings. The molecule has 0 aromatic carbocycles. The zero-order valence-electron chi connectivity index (χ0n) is 11.7. The summed E-state index contributed by atoms with van der Waals surface area (Å²) in [5.74, 6) is 1.49. The molecule has 19 heavy (non-hydrogen) atoms. The second-order valence-corrected chi connectivity index (χ2v) is 4.51. The fraction of sp³-hybridized carbons (Fsp3) is 0.429. The molecule has 0 amide bonds. The van der Waals surface area contributed by atoms with Gasteiger partial charge in [0.1, 0.15) is 5.76 Å². The van der Waals surface area contributed by atoms with Crippen molar-refractivity contribution in [2.45, 2.75) is 33.4 Å². The highest BCUT2D eigenvalue weighted by Crippen LogP contribution is 2.21. The van der Waals surface area contributed by atoms with Gasteiger partial charge in [-0.15, -0.1) is 0 Å². The molecule has 0 saturated carbocycles. The lowest BCUT2D eigenvalue weighted by molar-refractivity contribution is 0.389. The maximum atomic E-state index is 5.18. The smallest absolute Gasteiger partial charge is 0.213 e. The zero-order valence-corrected chi connectivity index (χ0v) is 11.7. The van der Waals surface area contributed by atoms with Crippen LogP contribution < -0.4 is 10.1 Å². The third kappa shape index (κ3) is 3.12. The topological polar surface area (TPSA) is 60.2 Å². The lowest BCUT2D eigenvalue weighted by Crippen LogP contribution is -2.19. The molecule has 102 valence electrons. The van der Waals surface area contributed by atoms with E-state index < -0.39 is 0 Å². The van der Waals surface area contributed by atoms with E-state index in [-0.39, 0.29) is 6.04 Å². The normalized spacial score (nSPS) is 12.4. The molecule has 0 radical (unpaired) electrons. The van der Waals surface area contributed by atoms with Gasteiger partial charge in [-0.2, -0.15) is 0 Å². The van der Waals surface area contributed by atoms with Crippen molar-refractivity contribution in [3.05, 3.63) is 40.9 Å². The van der Waals surface area contributed by atoms with Crippen LogP contribution in [0.1, 0.15) is 35.7 Å². The Kier molecular flexibility index (Phi) is 4.16. The van der Waals surface area contributed by atoms with Gasteiger partial charge in [0, 0.05) is 24.2 Å². The fourth-order valence-corrected chi connectivity index (χ4v) is 2.14. The van der Waals surface area contributed by atoms with E-state index in [0.717, 1.165) is 22.7 Å². The Morgan fingerprint density at radius 3 is 2.79 bits per heavy atom. The van der Waals surface area contributed by atoms with Crippen LogP contribution in [0.2, 0.25) is 0 Å². The predicted octanol–water partition coefficient (Wildman–Crippen LogP) is 2.55. The predicted molar refractivity (Wildman–Crippen MR) is 72.0 cm³/mol. The first kappa shape index (κ1) is 13.5. The molecule has 1 unspecified atom stereocenters. The van der Waals surface area contributed by atoms with Crippen molar-refractivity contribution < 1.29 is 9.26 Å². The van der Waals surface area contributed by atoms with Gasteiger partial charge in [-0.25, -0.2) is 4.98 Å². The van der Waals surface area contributed by atoms with Crippen LogP contribution >= 0.6 is 0 Å². The van der Waals surface area contributed by atoms with Gasteiger partial charge in [0.2, 0.25) is 5.88 Å². The number of methoxy groups -OCH3 is 1. The summed E-state index contributed by atoms with van der Waals surface area (Å²) in [6, 6.07) is 5.90. The lowest BCUT2D eigenvalue weighted by Gasteiger charge is -2.13. The number of aromatic nitrogens is 2. The number of aryl methyl sites for hydroxylation is 2. The summed E-state index contributed by atoms with van der Waals surface area (Å²) in [4.78, 5) is 4.37. The van der Waals surface area contributed by atoms with Crippen LogP contribution in [-0.4, -0.2) is 17.3 Å². The van der Waals surface area contributed by atoms with Crippen LogP contribution in [0.3, 0.4) is 0 Å². The van der Waals surface area contributed by atoms with Gasteiger partial charge in [0.05, 0.1) is 18.5 Å². The molecule has 2 aromatic heterocycles. The van der Waals surface area contributed by atoms with Gasteiger partial charge < -0.3 is 14.6 Å². The molecule has 5 nitrogen and oxygen atoms in total. The highest BCUT2D eigenvalue weighted by atomic mass is 16.5. The van der Waals surface area contributed by atoms with Crippen LogP contribution in [0.25, 0.3) is 0 Å². The second kappa shape index (κ2) is 5.84. The molecule has 0 spiro atoms. The van der Waals surface area contributed by atoms with Gasteiger partial charge in [-0.05, 0) is 26.8 Å². The first-order chi connectivity index (χ1) is 9.11. The van der Waals surface area contributed by atoms with Gasteiger partial charge in [0.15, 0.2) is 0 Å². The number of nitrogens with one attached hydrogen (secondary N) is 1. The van der Waals surface area contributed by atoms with Crippen LogP contribution in [0.15, 0.2) is 22.7 Å². The number of nitrogens with zero attached hydrogens (tertiary/aromatic N) is 2. The first-order valence-electron chi connectivity index (χ1n) is 6.28. The third-order valence-corrected chi connectivity index (χ3v) is 3.10. The maximum absolute atomic E-state index is 5.18. The number of pyridine rings is 1. The molecule has 0 aliphatic rings. The minimum absolute atomic E-state index is 0.166. The van der Waals surface area contributed by atoms with Crippen molar-refractivity contribution in [3.63, 3.8) is 0 Å². The molecule has 1 atom stereocenters. The summed E-state index contributed by atoms with van der Waals surface area (Å²) in [7, 11) is 1.62. The van der Waals surface area contributed by atoms with E-state index in [1.807, 2.05) is 32.0 Å². The molecular formula is C14H19N3O2. The number of hydrogen-bond acceptors (Lipinski definition) is 5. The van der Waals surface area contributed by atoms with Crippen molar-refractivity contribution in [2.75, 3.05) is 7.11 Å². The Labute approximate surface area is 113 Å². The summed E-state index contributed by atoms with van der Waals surface area (Å²) >= 11 is 0. The summed E-state index contributed by atoms with van der Waals surface area (Å²) < 4.78 is 10.3. The van der Waals surface area contributed by atoms with Crippen LogP contribution in [0.4, 0.5) is 0 Å². The highest BCUT2D eigenvalue weighted by Gasteiger charge is 2.15. The first-order valence-corrected chi connectivity index (χ1v) is 6.28. The molecule has 0 aliphatic heterocycles. The Morgan fingerprint density at radius 2 is 2.16 bits per heavy atom. The van der Waals surface area contributed by atoms with Crippen LogP contribution in [-0.2, 0) is 6.54 Å². The Balaban J connectivity index is 2.02. The maximum Gasteiger partial charge on any atom is 0.213 e. The van der Waals surface area contributed by atoms with Crippen molar-refractivity contribution >= 4 is 0 Å². The quantitative estimate of drug-likeness (QED) is 0.896. The van der Waals surface area contributed by atoms with E-state index in [2.05, 4.69) is 22.4 Å². The molecule has 2 heterocycles. The summed E-state index contributed by atoms with van der Waals surface area (Å²) in [5, 5.41) is 7.39. The largest absolute Gasteiger partial charge is 0.481 e. The molecule has 0 bridgehead atoms. The van der Waals surface area contributed by atoms with Crippen LogP contribution in [0, 0.1) is 13.8 Å². The average Bonchev–Trinajstić information content (AvgIpc) is 2.76. The average molecular weight is 261 g/mol. The van der Waals surface area contributed by atoms with Gasteiger partial charge in [0.25, 0.3) is 0 Å². The standard InChI is InChI=1S/C14H19N3O2/c1-9(14-10(2)17-19-11(14)3)15-8-12-6-5-7-13(16-12)18-4/h5-7,9,15H,8H2,1-4H3. The Hall–Kier alpha value is -1.88. The highest BCUT2D eigenvalue weighted by molar-refractivity contribution is 5.24. The van der Waals surface area contributed by atoms with Gasteiger partial charge >= 0.3 is 0 Å². The molecule has 2 rings (SSSR count). The van der Waals surface area contributed by atoms with Crippen molar-refractivity contribution in [3.8, 4) is 5.88 Å². The third-order valence-electron chi connectivity index (χ3n) is 3.10. The van der Waals surface area contributed by atoms with E-state index in [1.54, 1.807) is 7.11 Å². The summed E-state index contributed by atoms with van der Waals surface area (Å²) in [6.07, 6.45) is 0. The van der Waals surface area contributed by atoms with Crippen molar-refractivity contribution in [1.29, 1.82) is 0 Å². The van der Waals surface area contributed by atoms with E-state index in [1.165, 1.54) is 0 Å². The molecule has 1 N–H and O–H groups in total. The lowest BCUT2D eigenvalue weighted by atomic mass is 10.1. The van der Waals surface area contributed by atoms with E-state index >= 15 is 0 Å². The molecule has 0 fully saturated rings. The van der Waals surface area contributed by atoms with Crippen molar-refractivity contribution in [2.24, 2.45) is 0 Å². The second-order valence-electron chi connectivity index (χ2n) is 4.51. The number of ether oxygens (including phenoxy) is 1. The Bertz CT molecular complexity index is 532. The molecular weight excluding hydrogens is 242 g/mol. The zero-order chi connectivity index (χ0) is 13.8. The monoisotopic (exact) mass is 261 g/mol. The van der Waals surface area contributed by atoms with Crippen LogP contribution in [0.5, 0.6) is 5.88 Å². The van der Waals surface area contributed by atoms with E-state index in [0.29, 0.717) is 12.4 Å². The molecule has 5 heteroatoms. The van der Waals surface area contributed by atoms with Gasteiger partial charge in [-0.1, -0.05) is 11.2 Å². The summed E-state index contributed by atoms with van der Waals surface area (Å²) in [6.45, 7) is 6.64. The number of hydrogen-bond donors (Lipinski definition) is 1. The molecule has 0 aliphatic carbocycles. The minimum atomic E-state index is 0.166. The van der Waals surface area contributed by atoms with E-state index in [9.17, 15) is 0 Å². The fourth-order valence-electron chi connectivity index (χ4n) is 2.14.